The van der Waals surface area contributed by atoms with Crippen LogP contribution in [0.2, 0.25) is 0 Å². The third-order valence-electron chi connectivity index (χ3n) is 15.3. The molecule has 2 aliphatic heterocycles. The lowest BCUT2D eigenvalue weighted by atomic mass is 9.76. The first kappa shape index (κ1) is 55.3. The Hall–Kier alpha value is -6.46. The Bertz CT molecular complexity index is 2430. The molecule has 2 saturated heterocycles. The monoisotopic (exact) mass is 1020 g/mol. The first-order valence-corrected chi connectivity index (χ1v) is 26.3. The van der Waals surface area contributed by atoms with Crippen LogP contribution >= 0.6 is 0 Å². The molecule has 9 N–H and O–H groups in total. The van der Waals surface area contributed by atoms with Crippen LogP contribution in [0, 0.1) is 16.7 Å². The van der Waals surface area contributed by atoms with Crippen LogP contribution in [0.3, 0.4) is 0 Å². The Morgan fingerprint density at radius 3 is 1.42 bits per heavy atom. The maximum Gasteiger partial charge on any atom is 0.251 e. The van der Waals surface area contributed by atoms with Gasteiger partial charge in [0.1, 0.15) is 23.9 Å². The van der Waals surface area contributed by atoms with Crippen LogP contribution in [0.25, 0.3) is 0 Å². The summed E-state index contributed by atoms with van der Waals surface area (Å²) in [5, 5.41) is 15.2. The Balaban J connectivity index is 1.05. The summed E-state index contributed by atoms with van der Waals surface area (Å²) in [5.41, 5.74) is 15.3. The molecule has 0 aromatic heterocycles. The number of carbonyl (C=O) groups is 8. The SMILES string of the molecule is C[C@H](N)C(=O)C[C@H](C(=O)N1C[C@@H](NC(=O)c2ccc(C(=O)N[C@H]3C[C@@H](C(=O)N[C@@H]4CCCc5ccccc54)N(C(=O)[C@@H](NC(=O)[C@H](C)N)C(C)(C)C)C3)cc2)C[C@H]1C(=O)N[C@@H]1CCCc2ccccc21)C(C)(C)C. The lowest BCUT2D eigenvalue weighted by Crippen LogP contribution is -2.59. The van der Waals surface area contributed by atoms with E-state index in [4.69, 9.17) is 11.5 Å². The number of likely N-dealkylation sites (tertiary alicyclic amines) is 2. The summed E-state index contributed by atoms with van der Waals surface area (Å²) in [6.45, 7) is 14.2. The largest absolute Gasteiger partial charge is 0.347 e. The van der Waals surface area contributed by atoms with E-state index in [1.807, 2.05) is 77.9 Å². The van der Waals surface area contributed by atoms with Crippen LogP contribution in [-0.4, -0.2) is 112 Å². The molecule has 0 saturated carbocycles. The standard InChI is InChI=1S/C57H77N9O8/c1-32(58)47(67)29-42(56(3,4)5)54(73)65-30-38(27-45(65)52(71)62-43-21-13-17-34-15-9-11-19-40(34)43)60-50(69)36-23-25-37(26-24-36)51(70)61-39-28-46(53(72)63-44-22-14-18-35-16-10-12-20-41(35)44)66(31-39)55(74)48(57(6,7)8)64-49(68)33(2)59/h9-12,15-16,19-20,23-26,32-33,38-39,42-46,48H,13-14,17-18,21-22,27-31,58-59H2,1-8H3,(H,60,69)(H,61,70)(H,62,71)(H,63,72)(H,64,68)/t32-,33-,38-,39-,42+,43+,44+,45-,46-,48+/m0/s1. The molecule has 3 aromatic carbocycles. The number of fused-ring (bicyclic) bond motifs is 2. The number of carbonyl (C=O) groups excluding carboxylic acids is 8. The van der Waals surface area contributed by atoms with Crippen molar-refractivity contribution in [2.75, 3.05) is 13.1 Å². The van der Waals surface area contributed by atoms with E-state index in [2.05, 4.69) is 38.7 Å². The number of hydrogen-bond donors (Lipinski definition) is 7. The van der Waals surface area contributed by atoms with Crippen LogP contribution < -0.4 is 38.1 Å². The van der Waals surface area contributed by atoms with Crippen molar-refractivity contribution in [2.24, 2.45) is 28.2 Å². The van der Waals surface area contributed by atoms with Crippen LogP contribution in [0.1, 0.15) is 155 Å². The van der Waals surface area contributed by atoms with Gasteiger partial charge in [0.05, 0.1) is 24.2 Å². The van der Waals surface area contributed by atoms with Gasteiger partial charge in [-0.25, -0.2) is 0 Å². The molecule has 4 aliphatic rings. The molecule has 3 aromatic rings. The number of benzene rings is 3. The van der Waals surface area contributed by atoms with Gasteiger partial charge in [-0.05, 0) is 123 Å². The fourth-order valence-corrected chi connectivity index (χ4v) is 11.0. The molecule has 0 bridgehead atoms. The minimum absolute atomic E-state index is 0.00213. The third kappa shape index (κ3) is 12.9. The third-order valence-corrected chi connectivity index (χ3v) is 15.3. The van der Waals surface area contributed by atoms with Gasteiger partial charge in [-0.3, -0.25) is 38.4 Å². The number of amides is 7. The zero-order valence-corrected chi connectivity index (χ0v) is 44.3. The van der Waals surface area contributed by atoms with Crippen molar-refractivity contribution in [2.45, 2.75) is 168 Å². The smallest absolute Gasteiger partial charge is 0.251 e. The fraction of sp³-hybridized carbons (Fsp3) is 0.544. The van der Waals surface area contributed by atoms with E-state index in [1.54, 1.807) is 6.92 Å². The predicted octanol–water partition coefficient (Wildman–Crippen LogP) is 4.32. The predicted molar refractivity (Wildman–Crippen MR) is 281 cm³/mol. The van der Waals surface area contributed by atoms with Crippen LogP contribution in [0.5, 0.6) is 0 Å². The van der Waals surface area contributed by atoms with Crippen LogP contribution in [0.15, 0.2) is 72.8 Å². The second-order valence-electron chi connectivity index (χ2n) is 23.2. The highest BCUT2D eigenvalue weighted by atomic mass is 16.2. The van der Waals surface area contributed by atoms with E-state index in [9.17, 15) is 38.4 Å². The summed E-state index contributed by atoms with van der Waals surface area (Å²) in [7, 11) is 0. The number of aryl methyl sites for hydroxylation is 2. The Kier molecular flexibility index (Phi) is 17.2. The maximum atomic E-state index is 14.6. The second-order valence-corrected chi connectivity index (χ2v) is 23.2. The van der Waals surface area contributed by atoms with E-state index in [0.717, 1.165) is 55.2 Å². The molecule has 7 amide bonds. The lowest BCUT2D eigenvalue weighted by molar-refractivity contribution is -0.146. The summed E-state index contributed by atoms with van der Waals surface area (Å²) >= 11 is 0. The van der Waals surface area contributed by atoms with Gasteiger partial charge < -0.3 is 47.9 Å². The van der Waals surface area contributed by atoms with Crippen molar-refractivity contribution in [1.82, 2.24) is 36.4 Å². The summed E-state index contributed by atoms with van der Waals surface area (Å²) < 4.78 is 0. The average Bonchev–Trinajstić information content (AvgIpc) is 3.98. The van der Waals surface area contributed by atoms with Crippen molar-refractivity contribution in [3.63, 3.8) is 0 Å². The molecule has 7 rings (SSSR count). The van der Waals surface area contributed by atoms with Gasteiger partial charge in [-0.15, -0.1) is 0 Å². The minimum atomic E-state index is -1.02. The van der Waals surface area contributed by atoms with Gasteiger partial charge in [-0.1, -0.05) is 90.1 Å². The number of hydrogen-bond acceptors (Lipinski definition) is 10. The van der Waals surface area contributed by atoms with Crippen LogP contribution in [0.4, 0.5) is 0 Å². The summed E-state index contributed by atoms with van der Waals surface area (Å²) in [5.74, 6) is -4.02. The molecule has 17 nitrogen and oxygen atoms in total. The summed E-state index contributed by atoms with van der Waals surface area (Å²) in [4.78, 5) is 114. The summed E-state index contributed by atoms with van der Waals surface area (Å²) in [6.07, 6.45) is 5.23. The van der Waals surface area contributed by atoms with E-state index in [-0.39, 0.29) is 79.1 Å². The quantitative estimate of drug-likeness (QED) is 0.114. The number of Topliss-reactive ketones (excluding diaryl/α,β-unsaturated/α-hetero) is 1. The first-order valence-electron chi connectivity index (χ1n) is 26.3. The molecule has 0 radical (unpaired) electrons. The molecular formula is C57H77N9O8. The van der Waals surface area contributed by atoms with Crippen molar-refractivity contribution in [3.8, 4) is 0 Å². The number of ketones is 1. The van der Waals surface area contributed by atoms with Gasteiger partial charge >= 0.3 is 0 Å². The number of nitrogens with two attached hydrogens (primary N) is 2. The zero-order valence-electron chi connectivity index (χ0n) is 44.3. The van der Waals surface area contributed by atoms with E-state index >= 15 is 0 Å². The fourth-order valence-electron chi connectivity index (χ4n) is 11.0. The molecule has 0 unspecified atom stereocenters. The van der Waals surface area contributed by atoms with Crippen molar-refractivity contribution in [3.05, 3.63) is 106 Å². The van der Waals surface area contributed by atoms with Gasteiger partial charge in [0.25, 0.3) is 11.8 Å². The van der Waals surface area contributed by atoms with E-state index in [0.29, 0.717) is 0 Å². The number of nitrogens with one attached hydrogen (secondary N) is 5. The Morgan fingerprint density at radius 2 is 1.01 bits per heavy atom. The number of nitrogens with zero attached hydrogens (tertiary/aromatic N) is 2. The van der Waals surface area contributed by atoms with Crippen molar-refractivity contribution < 1.29 is 38.4 Å². The van der Waals surface area contributed by atoms with Gasteiger partial charge in [0.15, 0.2) is 0 Å². The number of rotatable bonds is 15. The molecule has 398 valence electrons. The minimum Gasteiger partial charge on any atom is -0.347 e. The molecule has 0 spiro atoms. The van der Waals surface area contributed by atoms with Gasteiger partial charge in [-0.2, -0.15) is 0 Å². The highest BCUT2D eigenvalue weighted by Gasteiger charge is 2.48. The second kappa shape index (κ2) is 23.0. The Labute approximate surface area is 435 Å². The average molecular weight is 1020 g/mol. The lowest BCUT2D eigenvalue weighted by Gasteiger charge is -2.36. The maximum absolute atomic E-state index is 14.6. The highest BCUT2D eigenvalue weighted by Crippen LogP contribution is 2.36. The van der Waals surface area contributed by atoms with E-state index in [1.165, 1.54) is 46.6 Å². The van der Waals surface area contributed by atoms with Gasteiger partial charge in [0.2, 0.25) is 29.5 Å². The summed E-state index contributed by atoms with van der Waals surface area (Å²) in [6, 6.07) is 15.7. The van der Waals surface area contributed by atoms with E-state index < -0.39 is 82.7 Å². The molecule has 2 fully saturated rings. The topological polar surface area (TPSA) is 255 Å². The van der Waals surface area contributed by atoms with Crippen molar-refractivity contribution in [1.29, 1.82) is 0 Å². The van der Waals surface area contributed by atoms with Crippen molar-refractivity contribution >= 4 is 47.1 Å². The highest BCUT2D eigenvalue weighted by molar-refractivity contribution is 5.99. The normalized spacial score (nSPS) is 23.2. The molecule has 17 heteroatoms. The Morgan fingerprint density at radius 1 is 0.581 bits per heavy atom. The molecule has 10 atom stereocenters. The molecule has 2 aliphatic carbocycles. The first-order chi connectivity index (χ1) is 34.9. The zero-order chi connectivity index (χ0) is 53.8. The molecule has 74 heavy (non-hydrogen) atoms. The molecule has 2 heterocycles. The van der Waals surface area contributed by atoms with Crippen LogP contribution in [-0.2, 0) is 41.6 Å². The molecular weight excluding hydrogens is 939 g/mol. The van der Waals surface area contributed by atoms with Gasteiger partial charge in [0, 0.05) is 48.6 Å².